The zero-order chi connectivity index (χ0) is 15.4. The van der Waals surface area contributed by atoms with Crippen molar-refractivity contribution in [1.29, 1.82) is 0 Å². The molecule has 0 saturated heterocycles. The molecule has 0 saturated carbocycles. The molecule has 1 aromatic carbocycles. The minimum absolute atomic E-state index is 0.0531. The second-order valence-electron chi connectivity index (χ2n) is 4.89. The molecule has 1 amide bonds. The third-order valence-electron chi connectivity index (χ3n) is 3.08. The van der Waals surface area contributed by atoms with Crippen LogP contribution in [-0.4, -0.2) is 11.7 Å². The molecule has 1 heterocycles. The summed E-state index contributed by atoms with van der Waals surface area (Å²) in [6.07, 6.45) is 0.356. The summed E-state index contributed by atoms with van der Waals surface area (Å²) < 4.78 is 0.582. The van der Waals surface area contributed by atoms with Crippen LogP contribution in [0.2, 0.25) is 4.34 Å². The molecule has 0 aliphatic carbocycles. The molecule has 21 heavy (non-hydrogen) atoms. The van der Waals surface area contributed by atoms with Crippen molar-refractivity contribution in [2.24, 2.45) is 0 Å². The van der Waals surface area contributed by atoms with Gasteiger partial charge in [-0.05, 0) is 37.6 Å². The number of Topliss-reactive ketones (excluding diaryl/α,β-unsaturated/α-hetero) is 1. The van der Waals surface area contributed by atoms with Crippen molar-refractivity contribution in [3.8, 4) is 0 Å². The SMILES string of the molecule is Cc1ccc(NC(=O)CCC(=O)c2ccc(Cl)s2)c(C)c1. The Morgan fingerprint density at radius 2 is 1.90 bits per heavy atom. The van der Waals surface area contributed by atoms with E-state index in [1.54, 1.807) is 12.1 Å². The second-order valence-corrected chi connectivity index (χ2v) is 6.61. The van der Waals surface area contributed by atoms with Gasteiger partial charge in [-0.15, -0.1) is 11.3 Å². The quantitative estimate of drug-likeness (QED) is 0.817. The van der Waals surface area contributed by atoms with Crippen LogP contribution in [0.15, 0.2) is 30.3 Å². The van der Waals surface area contributed by atoms with E-state index in [9.17, 15) is 9.59 Å². The summed E-state index contributed by atoms with van der Waals surface area (Å²) in [6.45, 7) is 3.95. The maximum atomic E-state index is 11.9. The Balaban J connectivity index is 1.89. The molecule has 1 aromatic heterocycles. The van der Waals surface area contributed by atoms with Gasteiger partial charge in [0.15, 0.2) is 5.78 Å². The summed E-state index contributed by atoms with van der Waals surface area (Å²) in [4.78, 5) is 24.4. The topological polar surface area (TPSA) is 46.2 Å². The van der Waals surface area contributed by atoms with Crippen molar-refractivity contribution in [2.75, 3.05) is 5.32 Å². The van der Waals surface area contributed by atoms with Crippen LogP contribution in [0.4, 0.5) is 5.69 Å². The third-order valence-corrected chi connectivity index (χ3v) is 4.36. The molecule has 1 N–H and O–H groups in total. The number of benzene rings is 1. The van der Waals surface area contributed by atoms with Crippen molar-refractivity contribution in [3.63, 3.8) is 0 Å². The van der Waals surface area contributed by atoms with Crippen LogP contribution in [0.5, 0.6) is 0 Å². The summed E-state index contributed by atoms with van der Waals surface area (Å²) in [7, 11) is 0. The molecule has 3 nitrogen and oxygen atoms in total. The maximum absolute atomic E-state index is 11.9. The lowest BCUT2D eigenvalue weighted by molar-refractivity contribution is -0.116. The first-order valence-corrected chi connectivity index (χ1v) is 7.81. The third kappa shape index (κ3) is 4.41. The highest BCUT2D eigenvalue weighted by molar-refractivity contribution is 7.18. The van der Waals surface area contributed by atoms with Crippen LogP contribution < -0.4 is 5.32 Å². The Hall–Kier alpha value is -1.65. The van der Waals surface area contributed by atoms with E-state index in [1.165, 1.54) is 11.3 Å². The molecule has 0 fully saturated rings. The first-order chi connectivity index (χ1) is 9.95. The van der Waals surface area contributed by atoms with E-state index in [0.29, 0.717) is 9.21 Å². The van der Waals surface area contributed by atoms with Gasteiger partial charge in [-0.2, -0.15) is 0 Å². The van der Waals surface area contributed by atoms with Gasteiger partial charge in [0.2, 0.25) is 5.91 Å². The lowest BCUT2D eigenvalue weighted by atomic mass is 10.1. The summed E-state index contributed by atoms with van der Waals surface area (Å²) in [5.41, 5.74) is 2.95. The van der Waals surface area contributed by atoms with Crippen molar-refractivity contribution >= 4 is 40.3 Å². The van der Waals surface area contributed by atoms with Gasteiger partial charge in [-0.3, -0.25) is 9.59 Å². The average molecular weight is 322 g/mol. The molecule has 0 unspecified atom stereocenters. The smallest absolute Gasteiger partial charge is 0.224 e. The van der Waals surface area contributed by atoms with Crippen LogP contribution >= 0.6 is 22.9 Å². The predicted octanol–water partition coefficient (Wildman–Crippen LogP) is 4.62. The van der Waals surface area contributed by atoms with Gasteiger partial charge < -0.3 is 5.32 Å². The first kappa shape index (κ1) is 15.7. The average Bonchev–Trinajstić information content (AvgIpc) is 2.86. The number of ketones is 1. The van der Waals surface area contributed by atoms with Crippen molar-refractivity contribution in [2.45, 2.75) is 26.7 Å². The Labute approximate surface area is 132 Å². The van der Waals surface area contributed by atoms with E-state index in [-0.39, 0.29) is 24.5 Å². The normalized spacial score (nSPS) is 10.4. The number of nitrogens with one attached hydrogen (secondary N) is 1. The largest absolute Gasteiger partial charge is 0.326 e. The van der Waals surface area contributed by atoms with Crippen LogP contribution in [0, 0.1) is 13.8 Å². The molecule has 5 heteroatoms. The van der Waals surface area contributed by atoms with E-state index < -0.39 is 0 Å². The number of aryl methyl sites for hydroxylation is 2. The lowest BCUT2D eigenvalue weighted by Gasteiger charge is -2.08. The molecule has 0 bridgehead atoms. The highest BCUT2D eigenvalue weighted by atomic mass is 35.5. The van der Waals surface area contributed by atoms with Gasteiger partial charge in [0.05, 0.1) is 9.21 Å². The van der Waals surface area contributed by atoms with Gasteiger partial charge in [-0.1, -0.05) is 29.3 Å². The molecule has 110 valence electrons. The standard InChI is InChI=1S/C16H16ClNO2S/c1-10-3-4-12(11(2)9-10)18-16(20)8-5-13(19)14-6-7-15(17)21-14/h3-4,6-7,9H,5,8H2,1-2H3,(H,18,20). The molecule has 0 spiro atoms. The molecular formula is C16H16ClNO2S. The van der Waals surface area contributed by atoms with Crippen LogP contribution in [0.1, 0.15) is 33.6 Å². The summed E-state index contributed by atoms with van der Waals surface area (Å²) >= 11 is 7.03. The lowest BCUT2D eigenvalue weighted by Crippen LogP contribution is -2.14. The van der Waals surface area contributed by atoms with E-state index in [1.807, 2.05) is 32.0 Å². The number of carbonyl (C=O) groups excluding carboxylic acids is 2. The second kappa shape index (κ2) is 6.87. The van der Waals surface area contributed by atoms with E-state index in [0.717, 1.165) is 16.8 Å². The highest BCUT2D eigenvalue weighted by Crippen LogP contribution is 2.23. The summed E-state index contributed by atoms with van der Waals surface area (Å²) in [5.74, 6) is -0.208. The molecule has 2 rings (SSSR count). The minimum Gasteiger partial charge on any atom is -0.326 e. The number of hydrogen-bond acceptors (Lipinski definition) is 3. The zero-order valence-corrected chi connectivity index (χ0v) is 13.5. The molecular weight excluding hydrogens is 306 g/mol. The van der Waals surface area contributed by atoms with Crippen molar-refractivity contribution in [3.05, 3.63) is 50.7 Å². The molecule has 0 radical (unpaired) electrons. The van der Waals surface area contributed by atoms with Crippen LogP contribution in [-0.2, 0) is 4.79 Å². The Morgan fingerprint density at radius 1 is 1.14 bits per heavy atom. The fraction of sp³-hybridized carbons (Fsp3) is 0.250. The minimum atomic E-state index is -0.155. The van der Waals surface area contributed by atoms with Gasteiger partial charge in [0.25, 0.3) is 0 Å². The van der Waals surface area contributed by atoms with Crippen molar-refractivity contribution < 1.29 is 9.59 Å². The molecule has 0 aliphatic heterocycles. The van der Waals surface area contributed by atoms with Gasteiger partial charge in [0, 0.05) is 18.5 Å². The molecule has 2 aromatic rings. The number of hydrogen-bond donors (Lipinski definition) is 1. The first-order valence-electron chi connectivity index (χ1n) is 6.61. The fourth-order valence-corrected chi connectivity index (χ4v) is 2.99. The van der Waals surface area contributed by atoms with E-state index >= 15 is 0 Å². The Kier molecular flexibility index (Phi) is 5.15. The summed E-state index contributed by atoms with van der Waals surface area (Å²) in [6, 6.07) is 9.21. The Bertz CT molecular complexity index is 679. The van der Waals surface area contributed by atoms with Gasteiger partial charge in [-0.25, -0.2) is 0 Å². The number of halogens is 1. The number of rotatable bonds is 5. The summed E-state index contributed by atoms with van der Waals surface area (Å²) in [5, 5.41) is 2.84. The number of carbonyl (C=O) groups is 2. The van der Waals surface area contributed by atoms with Crippen LogP contribution in [0.3, 0.4) is 0 Å². The van der Waals surface area contributed by atoms with E-state index in [4.69, 9.17) is 11.6 Å². The molecule has 0 aliphatic rings. The highest BCUT2D eigenvalue weighted by Gasteiger charge is 2.12. The Morgan fingerprint density at radius 3 is 2.52 bits per heavy atom. The van der Waals surface area contributed by atoms with Crippen LogP contribution in [0.25, 0.3) is 0 Å². The number of anilines is 1. The van der Waals surface area contributed by atoms with Crippen molar-refractivity contribution in [1.82, 2.24) is 0 Å². The van der Waals surface area contributed by atoms with Gasteiger partial charge in [0.1, 0.15) is 0 Å². The van der Waals surface area contributed by atoms with E-state index in [2.05, 4.69) is 5.32 Å². The maximum Gasteiger partial charge on any atom is 0.224 e. The monoisotopic (exact) mass is 321 g/mol. The predicted molar refractivity (Wildman–Crippen MR) is 87.4 cm³/mol. The number of thiophene rings is 1. The van der Waals surface area contributed by atoms with Gasteiger partial charge >= 0.3 is 0 Å². The molecule has 0 atom stereocenters. The fourth-order valence-electron chi connectivity index (χ4n) is 1.98. The number of amides is 1. The zero-order valence-electron chi connectivity index (χ0n) is 11.9.